The van der Waals surface area contributed by atoms with Crippen LogP contribution in [-0.2, 0) is 32.6 Å². The highest BCUT2D eigenvalue weighted by molar-refractivity contribution is 9.10. The maximum atomic E-state index is 14.5. The van der Waals surface area contributed by atoms with Gasteiger partial charge in [-0.2, -0.15) is 0 Å². The molecule has 0 saturated heterocycles. The van der Waals surface area contributed by atoms with Crippen LogP contribution in [0.2, 0.25) is 5.02 Å². The van der Waals surface area contributed by atoms with Crippen LogP contribution in [0.4, 0.5) is 5.69 Å². The highest BCUT2D eigenvalue weighted by atomic mass is 79.9. The summed E-state index contributed by atoms with van der Waals surface area (Å²) in [5, 5.41) is 3.29. The van der Waals surface area contributed by atoms with Crippen LogP contribution in [0.3, 0.4) is 0 Å². The van der Waals surface area contributed by atoms with Crippen LogP contribution >= 0.6 is 27.5 Å². The molecule has 4 rings (SSSR count). The number of nitrogens with one attached hydrogen (secondary N) is 1. The zero-order valence-corrected chi connectivity index (χ0v) is 28.7. The van der Waals surface area contributed by atoms with E-state index >= 15 is 0 Å². The van der Waals surface area contributed by atoms with E-state index in [2.05, 4.69) is 21.2 Å². The molecule has 1 N–H and O–H groups in total. The van der Waals surface area contributed by atoms with Gasteiger partial charge in [0.25, 0.3) is 10.0 Å². The predicted molar refractivity (Wildman–Crippen MR) is 184 cm³/mol. The Morgan fingerprint density at radius 2 is 1.58 bits per heavy atom. The van der Waals surface area contributed by atoms with Crippen LogP contribution in [0.5, 0.6) is 0 Å². The zero-order valence-electron chi connectivity index (χ0n) is 25.5. The Balaban J connectivity index is 1.83. The normalized spacial score (nSPS) is 11.9. The molecule has 1 unspecified atom stereocenters. The number of rotatable bonds is 13. The summed E-state index contributed by atoms with van der Waals surface area (Å²) in [6.45, 7) is 5.58. The number of benzene rings is 4. The molecule has 236 valence electrons. The summed E-state index contributed by atoms with van der Waals surface area (Å²) in [6, 6.07) is 27.5. The van der Waals surface area contributed by atoms with E-state index in [9.17, 15) is 18.0 Å². The second-order valence-corrected chi connectivity index (χ2v) is 14.1. The highest BCUT2D eigenvalue weighted by Crippen LogP contribution is 2.30. The molecule has 0 aliphatic carbocycles. The second kappa shape index (κ2) is 15.6. The van der Waals surface area contributed by atoms with Crippen LogP contribution in [0.25, 0.3) is 0 Å². The molecule has 0 radical (unpaired) electrons. The number of anilines is 1. The number of hydrogen-bond acceptors (Lipinski definition) is 4. The fourth-order valence-corrected chi connectivity index (χ4v) is 7.04. The number of sulfonamides is 1. The number of hydrogen-bond donors (Lipinski definition) is 1. The van der Waals surface area contributed by atoms with Crippen molar-refractivity contribution in [2.45, 2.75) is 51.1 Å². The lowest BCUT2D eigenvalue weighted by molar-refractivity contribution is -0.140. The largest absolute Gasteiger partial charge is 0.354 e. The van der Waals surface area contributed by atoms with E-state index in [0.29, 0.717) is 17.1 Å². The van der Waals surface area contributed by atoms with Crippen molar-refractivity contribution >= 4 is 55.1 Å². The summed E-state index contributed by atoms with van der Waals surface area (Å²) in [4.78, 5) is 29.8. The first-order valence-corrected chi connectivity index (χ1v) is 17.3. The lowest BCUT2D eigenvalue weighted by atomic mass is 10.0. The average molecular weight is 711 g/mol. The van der Waals surface area contributed by atoms with Gasteiger partial charge in [-0.1, -0.05) is 101 Å². The maximum Gasteiger partial charge on any atom is 0.264 e. The molecule has 4 aromatic rings. The molecule has 7 nitrogen and oxygen atoms in total. The SMILES string of the molecule is CCCNC(=O)C(Cc1ccccc1)N(Cc1cccc(Br)c1)C(=O)CN(c1cc(Cl)ccc1C)S(=O)(=O)c1ccc(C)cc1. The van der Waals surface area contributed by atoms with Crippen LogP contribution < -0.4 is 9.62 Å². The van der Waals surface area contributed by atoms with Crippen molar-refractivity contribution in [2.24, 2.45) is 0 Å². The van der Waals surface area contributed by atoms with Gasteiger partial charge in [0.2, 0.25) is 11.8 Å². The molecule has 0 spiro atoms. The van der Waals surface area contributed by atoms with E-state index in [1.807, 2.05) is 68.4 Å². The van der Waals surface area contributed by atoms with Gasteiger partial charge in [0, 0.05) is 29.0 Å². The molecule has 2 amide bonds. The van der Waals surface area contributed by atoms with Crippen molar-refractivity contribution in [3.63, 3.8) is 0 Å². The quantitative estimate of drug-likeness (QED) is 0.161. The zero-order chi connectivity index (χ0) is 32.6. The molecule has 0 bridgehead atoms. The molecular weight excluding hydrogens is 674 g/mol. The standard InChI is InChI=1S/C35H37BrClN3O4S/c1-4-19-38-35(42)33(21-27-9-6-5-7-10-27)39(23-28-11-8-12-29(36)20-28)34(41)24-40(32-22-30(37)16-15-26(32)3)45(43,44)31-17-13-25(2)14-18-31/h5-18,20,22,33H,4,19,21,23-24H2,1-3H3,(H,38,42). The third-order valence-corrected chi connectivity index (χ3v) is 9.89. The third-order valence-electron chi connectivity index (χ3n) is 7.39. The number of amides is 2. The van der Waals surface area contributed by atoms with Gasteiger partial charge in [-0.3, -0.25) is 13.9 Å². The lowest BCUT2D eigenvalue weighted by Crippen LogP contribution is -2.53. The van der Waals surface area contributed by atoms with Gasteiger partial charge < -0.3 is 10.2 Å². The van der Waals surface area contributed by atoms with Crippen LogP contribution in [-0.4, -0.2) is 44.3 Å². The summed E-state index contributed by atoms with van der Waals surface area (Å²) >= 11 is 9.86. The van der Waals surface area contributed by atoms with Gasteiger partial charge in [-0.15, -0.1) is 0 Å². The number of carbonyl (C=O) groups is 2. The number of aryl methyl sites for hydroxylation is 2. The summed E-state index contributed by atoms with van der Waals surface area (Å²) < 4.78 is 30.4. The minimum Gasteiger partial charge on any atom is -0.354 e. The van der Waals surface area contributed by atoms with E-state index in [0.717, 1.165) is 31.9 Å². The first kappa shape index (κ1) is 34.2. The van der Waals surface area contributed by atoms with E-state index in [-0.39, 0.29) is 29.5 Å². The Morgan fingerprint density at radius 1 is 0.889 bits per heavy atom. The molecule has 1 atom stereocenters. The molecule has 4 aromatic carbocycles. The Bertz CT molecular complexity index is 1730. The molecule has 0 saturated carbocycles. The van der Waals surface area contributed by atoms with E-state index < -0.39 is 28.5 Å². The molecule has 0 aliphatic heterocycles. The minimum absolute atomic E-state index is 0.0420. The topological polar surface area (TPSA) is 86.8 Å². The van der Waals surface area contributed by atoms with Gasteiger partial charge in [-0.25, -0.2) is 8.42 Å². The van der Waals surface area contributed by atoms with Crippen molar-refractivity contribution in [2.75, 3.05) is 17.4 Å². The van der Waals surface area contributed by atoms with Crippen LogP contribution in [0, 0.1) is 13.8 Å². The van der Waals surface area contributed by atoms with Crippen molar-refractivity contribution in [3.8, 4) is 0 Å². The predicted octanol–water partition coefficient (Wildman–Crippen LogP) is 7.08. The van der Waals surface area contributed by atoms with Crippen molar-refractivity contribution < 1.29 is 18.0 Å². The van der Waals surface area contributed by atoms with E-state index in [1.165, 1.54) is 17.0 Å². The fourth-order valence-electron chi connectivity index (χ4n) is 4.95. The summed E-state index contributed by atoms with van der Waals surface area (Å²) in [5.41, 5.74) is 3.47. The Labute approximate surface area is 279 Å². The van der Waals surface area contributed by atoms with Crippen molar-refractivity contribution in [3.05, 3.63) is 129 Å². The van der Waals surface area contributed by atoms with Crippen LogP contribution in [0.15, 0.2) is 106 Å². The number of carbonyl (C=O) groups excluding carboxylic acids is 2. The molecule has 0 aliphatic rings. The van der Waals surface area contributed by atoms with Gasteiger partial charge in [-0.05, 0) is 73.4 Å². The maximum absolute atomic E-state index is 14.5. The number of halogens is 2. The smallest absolute Gasteiger partial charge is 0.264 e. The van der Waals surface area contributed by atoms with Gasteiger partial charge in [0.15, 0.2) is 0 Å². The molecule has 0 fully saturated rings. The molecule has 45 heavy (non-hydrogen) atoms. The van der Waals surface area contributed by atoms with Crippen molar-refractivity contribution in [1.29, 1.82) is 0 Å². The Morgan fingerprint density at radius 3 is 2.24 bits per heavy atom. The monoisotopic (exact) mass is 709 g/mol. The van der Waals surface area contributed by atoms with Crippen molar-refractivity contribution in [1.82, 2.24) is 10.2 Å². The number of nitrogens with zero attached hydrogens (tertiary/aromatic N) is 2. The third kappa shape index (κ3) is 8.96. The second-order valence-electron chi connectivity index (χ2n) is 10.9. The molecule has 0 heterocycles. The summed E-state index contributed by atoms with van der Waals surface area (Å²) in [5.74, 6) is -0.839. The van der Waals surface area contributed by atoms with Gasteiger partial charge in [0.05, 0.1) is 10.6 Å². The van der Waals surface area contributed by atoms with E-state index in [1.54, 1.807) is 37.3 Å². The van der Waals surface area contributed by atoms with Gasteiger partial charge >= 0.3 is 0 Å². The Kier molecular flexibility index (Phi) is 11.8. The van der Waals surface area contributed by atoms with E-state index in [4.69, 9.17) is 11.6 Å². The average Bonchev–Trinajstić information content (AvgIpc) is 3.02. The fraction of sp³-hybridized carbons (Fsp3) is 0.257. The molecule has 0 aromatic heterocycles. The summed E-state index contributed by atoms with van der Waals surface area (Å²) in [6.07, 6.45) is 0.969. The first-order valence-electron chi connectivity index (χ1n) is 14.7. The van der Waals surface area contributed by atoms with Gasteiger partial charge in [0.1, 0.15) is 12.6 Å². The lowest BCUT2D eigenvalue weighted by Gasteiger charge is -2.34. The first-order chi connectivity index (χ1) is 21.5. The molecular formula is C35H37BrClN3O4S. The van der Waals surface area contributed by atoms with Crippen LogP contribution in [0.1, 0.15) is 35.6 Å². The Hall–Kier alpha value is -3.66. The minimum atomic E-state index is -4.22. The highest BCUT2D eigenvalue weighted by Gasteiger charge is 2.35. The summed E-state index contributed by atoms with van der Waals surface area (Å²) in [7, 11) is -4.22. The molecule has 10 heteroatoms.